The number of aliphatic imine (C=N–C) groups is 1. The van der Waals surface area contributed by atoms with Crippen LogP contribution in [0.4, 0.5) is 13.2 Å². The van der Waals surface area contributed by atoms with Crippen LogP contribution in [0.1, 0.15) is 19.4 Å². The lowest BCUT2D eigenvalue weighted by atomic mass is 9.99. The summed E-state index contributed by atoms with van der Waals surface area (Å²) in [5.74, 6) is 0.375. The number of likely N-dealkylation sites (tertiary alicyclic amines) is 1. The molecule has 1 saturated heterocycles. The molecule has 1 N–H and O–H groups in total. The monoisotopic (exact) mass is 401 g/mol. The summed E-state index contributed by atoms with van der Waals surface area (Å²) in [7, 11) is 1.37. The first-order valence-corrected chi connectivity index (χ1v) is 9.13. The Labute approximate surface area is 162 Å². The molecule has 2 unspecified atom stereocenters. The molecule has 2 atom stereocenters. The van der Waals surface area contributed by atoms with Crippen LogP contribution in [0, 0.1) is 11.8 Å². The van der Waals surface area contributed by atoms with Crippen LogP contribution in [-0.4, -0.2) is 56.4 Å². The quantitative estimate of drug-likeness (QED) is 0.451. The van der Waals surface area contributed by atoms with Gasteiger partial charge in [-0.1, -0.05) is 25.1 Å². The first kappa shape index (κ1) is 21.8. The van der Waals surface area contributed by atoms with Crippen molar-refractivity contribution in [3.8, 4) is 5.75 Å². The van der Waals surface area contributed by atoms with E-state index in [9.17, 15) is 18.0 Å². The smallest absolute Gasteiger partial charge is 0.422 e. The Morgan fingerprint density at radius 1 is 1.32 bits per heavy atom. The number of esters is 1. The summed E-state index contributed by atoms with van der Waals surface area (Å²) < 4.78 is 47.1. The van der Waals surface area contributed by atoms with Crippen molar-refractivity contribution in [1.29, 1.82) is 0 Å². The van der Waals surface area contributed by atoms with Crippen LogP contribution >= 0.6 is 0 Å². The number of halogens is 3. The first-order valence-electron chi connectivity index (χ1n) is 9.13. The number of guanidine groups is 1. The van der Waals surface area contributed by atoms with Gasteiger partial charge in [0.1, 0.15) is 5.75 Å². The fourth-order valence-electron chi connectivity index (χ4n) is 3.12. The second-order valence-electron chi connectivity index (χ2n) is 6.69. The predicted octanol–water partition coefficient (Wildman–Crippen LogP) is 2.83. The fraction of sp³-hybridized carbons (Fsp3) is 0.579. The summed E-state index contributed by atoms with van der Waals surface area (Å²) >= 11 is 0. The lowest BCUT2D eigenvalue weighted by Crippen LogP contribution is -2.40. The van der Waals surface area contributed by atoms with Gasteiger partial charge >= 0.3 is 12.1 Å². The van der Waals surface area contributed by atoms with Crippen molar-refractivity contribution in [1.82, 2.24) is 10.2 Å². The summed E-state index contributed by atoms with van der Waals surface area (Å²) in [6, 6.07) is 6.52. The van der Waals surface area contributed by atoms with Gasteiger partial charge in [0, 0.05) is 25.2 Å². The fourth-order valence-corrected chi connectivity index (χ4v) is 3.12. The molecule has 0 radical (unpaired) electrons. The molecule has 1 aliphatic rings. The number of ether oxygens (including phenoxy) is 2. The van der Waals surface area contributed by atoms with Crippen molar-refractivity contribution >= 4 is 11.9 Å². The number of nitrogens with one attached hydrogen (secondary N) is 1. The molecule has 0 aliphatic carbocycles. The van der Waals surface area contributed by atoms with E-state index >= 15 is 0 Å². The van der Waals surface area contributed by atoms with Crippen LogP contribution in [-0.2, 0) is 16.1 Å². The molecule has 9 heteroatoms. The van der Waals surface area contributed by atoms with Crippen LogP contribution < -0.4 is 10.1 Å². The molecule has 2 rings (SSSR count). The van der Waals surface area contributed by atoms with Crippen molar-refractivity contribution in [3.05, 3.63) is 29.8 Å². The summed E-state index contributed by atoms with van der Waals surface area (Å²) in [5, 5.41) is 3.17. The third-order valence-electron chi connectivity index (χ3n) is 4.51. The number of hydrogen-bond acceptors (Lipinski definition) is 4. The molecular weight excluding hydrogens is 375 g/mol. The van der Waals surface area contributed by atoms with Crippen LogP contribution in [0.25, 0.3) is 0 Å². The van der Waals surface area contributed by atoms with Crippen LogP contribution in [0.5, 0.6) is 5.75 Å². The maximum absolute atomic E-state index is 12.5. The highest BCUT2D eigenvalue weighted by atomic mass is 19.4. The van der Waals surface area contributed by atoms with E-state index in [0.29, 0.717) is 31.2 Å². The number of methoxy groups -OCH3 is 1. The zero-order valence-corrected chi connectivity index (χ0v) is 16.3. The van der Waals surface area contributed by atoms with Crippen molar-refractivity contribution in [2.24, 2.45) is 16.8 Å². The molecule has 0 aromatic heterocycles. The van der Waals surface area contributed by atoms with Gasteiger partial charge in [-0.3, -0.25) is 4.79 Å². The van der Waals surface area contributed by atoms with E-state index < -0.39 is 12.8 Å². The van der Waals surface area contributed by atoms with Crippen molar-refractivity contribution in [3.63, 3.8) is 0 Å². The SMILES string of the molecule is CCNC(=NCc1ccccc1OCC(F)(F)F)N1CC(C)C(C(=O)OC)C1. The second kappa shape index (κ2) is 9.66. The Balaban J connectivity index is 2.12. The predicted molar refractivity (Wildman–Crippen MR) is 99.1 cm³/mol. The van der Waals surface area contributed by atoms with Gasteiger partial charge in [-0.15, -0.1) is 0 Å². The minimum Gasteiger partial charge on any atom is -0.484 e. The van der Waals surface area contributed by atoms with Gasteiger partial charge in [0.15, 0.2) is 12.6 Å². The van der Waals surface area contributed by atoms with Gasteiger partial charge in [0.25, 0.3) is 0 Å². The van der Waals surface area contributed by atoms with Crippen LogP contribution in [0.2, 0.25) is 0 Å². The van der Waals surface area contributed by atoms with E-state index in [-0.39, 0.29) is 30.1 Å². The Morgan fingerprint density at radius 3 is 2.68 bits per heavy atom. The number of carbonyl (C=O) groups is 1. The number of carbonyl (C=O) groups excluding carboxylic acids is 1. The minimum atomic E-state index is -4.40. The topological polar surface area (TPSA) is 63.2 Å². The molecule has 0 saturated carbocycles. The van der Waals surface area contributed by atoms with Gasteiger partial charge in [-0.25, -0.2) is 4.99 Å². The van der Waals surface area contributed by atoms with Gasteiger partial charge in [-0.05, 0) is 18.9 Å². The van der Waals surface area contributed by atoms with E-state index in [4.69, 9.17) is 9.47 Å². The molecule has 1 aromatic rings. The molecule has 1 aromatic carbocycles. The maximum atomic E-state index is 12.5. The van der Waals surface area contributed by atoms with E-state index in [1.165, 1.54) is 13.2 Å². The highest BCUT2D eigenvalue weighted by molar-refractivity contribution is 5.82. The highest BCUT2D eigenvalue weighted by Crippen LogP contribution is 2.25. The van der Waals surface area contributed by atoms with E-state index in [1.54, 1.807) is 18.2 Å². The zero-order valence-electron chi connectivity index (χ0n) is 16.3. The zero-order chi connectivity index (χ0) is 20.7. The standard InChI is InChI=1S/C19H26F3N3O3/c1-4-23-18(25-10-13(2)15(11-25)17(26)27-3)24-9-14-7-5-6-8-16(14)28-12-19(20,21)22/h5-8,13,15H,4,9-12H2,1-3H3,(H,23,24). The normalized spacial score (nSPS) is 20.2. The number of benzene rings is 1. The number of alkyl halides is 3. The van der Waals surface area contributed by atoms with Crippen LogP contribution in [0.15, 0.2) is 29.3 Å². The molecule has 0 amide bonds. The van der Waals surface area contributed by atoms with Gasteiger partial charge < -0.3 is 19.7 Å². The summed E-state index contributed by atoms with van der Waals surface area (Å²) in [6.45, 7) is 4.45. The molecule has 6 nitrogen and oxygen atoms in total. The van der Waals surface area contributed by atoms with Crippen LogP contribution in [0.3, 0.4) is 0 Å². The summed E-state index contributed by atoms with van der Waals surface area (Å²) in [5.41, 5.74) is 0.555. The van der Waals surface area contributed by atoms with Crippen molar-refractivity contribution in [2.75, 3.05) is 33.4 Å². The number of para-hydroxylation sites is 1. The Hall–Kier alpha value is -2.45. The molecule has 1 aliphatic heterocycles. The largest absolute Gasteiger partial charge is 0.484 e. The third kappa shape index (κ3) is 6.03. The summed E-state index contributed by atoms with van der Waals surface area (Å²) in [4.78, 5) is 18.4. The summed E-state index contributed by atoms with van der Waals surface area (Å²) in [6.07, 6.45) is -4.40. The van der Waals surface area contributed by atoms with Gasteiger partial charge in [-0.2, -0.15) is 13.2 Å². The highest BCUT2D eigenvalue weighted by Gasteiger charge is 2.37. The number of nitrogens with zero attached hydrogens (tertiary/aromatic N) is 2. The van der Waals surface area contributed by atoms with Crippen molar-refractivity contribution in [2.45, 2.75) is 26.6 Å². The molecule has 156 valence electrons. The maximum Gasteiger partial charge on any atom is 0.422 e. The number of hydrogen-bond donors (Lipinski definition) is 1. The molecule has 1 heterocycles. The lowest BCUT2D eigenvalue weighted by Gasteiger charge is -2.21. The Bertz CT molecular complexity index is 694. The second-order valence-corrected chi connectivity index (χ2v) is 6.69. The van der Waals surface area contributed by atoms with Crippen molar-refractivity contribution < 1.29 is 27.4 Å². The average molecular weight is 401 g/mol. The first-order chi connectivity index (χ1) is 13.2. The molecule has 1 fully saturated rings. The van der Waals surface area contributed by atoms with Gasteiger partial charge in [0.2, 0.25) is 0 Å². The molecule has 0 spiro atoms. The van der Waals surface area contributed by atoms with E-state index in [1.807, 2.05) is 18.7 Å². The Morgan fingerprint density at radius 2 is 2.04 bits per heavy atom. The van der Waals surface area contributed by atoms with E-state index in [0.717, 1.165) is 0 Å². The average Bonchev–Trinajstić information content (AvgIpc) is 3.04. The van der Waals surface area contributed by atoms with E-state index in [2.05, 4.69) is 10.3 Å². The minimum absolute atomic E-state index is 0.110. The third-order valence-corrected chi connectivity index (χ3v) is 4.51. The lowest BCUT2D eigenvalue weighted by molar-refractivity contribution is -0.153. The number of rotatable bonds is 6. The molecule has 28 heavy (non-hydrogen) atoms. The van der Waals surface area contributed by atoms with Gasteiger partial charge in [0.05, 0.1) is 19.6 Å². The molecule has 0 bridgehead atoms. The molecular formula is C19H26F3N3O3. The Kier molecular flexibility index (Phi) is 7.53.